The van der Waals surface area contributed by atoms with Crippen LogP contribution < -0.4 is 5.32 Å². The third-order valence-corrected chi connectivity index (χ3v) is 5.30. The Morgan fingerprint density at radius 1 is 1.19 bits per heavy atom. The van der Waals surface area contributed by atoms with Crippen molar-refractivity contribution >= 4 is 9.84 Å². The third kappa shape index (κ3) is 7.61. The lowest BCUT2D eigenvalue weighted by Crippen LogP contribution is -2.47. The molecular formula is C16H33NO3S. The second kappa shape index (κ2) is 9.80. The highest BCUT2D eigenvalue weighted by Gasteiger charge is 2.31. The van der Waals surface area contributed by atoms with Gasteiger partial charge in [-0.05, 0) is 45.1 Å². The Hall–Kier alpha value is -0.130. The highest BCUT2D eigenvalue weighted by atomic mass is 32.2. The maximum Gasteiger partial charge on any atom is 0.147 e. The second-order valence-electron chi connectivity index (χ2n) is 6.30. The molecule has 1 N–H and O–H groups in total. The number of nitrogens with one attached hydrogen (secondary N) is 1. The average Bonchev–Trinajstić information content (AvgIpc) is 2.45. The molecule has 5 heteroatoms. The van der Waals surface area contributed by atoms with Gasteiger partial charge in [0.1, 0.15) is 9.84 Å². The first-order valence-electron chi connectivity index (χ1n) is 8.50. The van der Waals surface area contributed by atoms with Crippen molar-refractivity contribution in [2.45, 2.75) is 70.9 Å². The van der Waals surface area contributed by atoms with Gasteiger partial charge in [-0.15, -0.1) is 0 Å². The maximum absolute atomic E-state index is 11.5. The zero-order valence-corrected chi connectivity index (χ0v) is 14.8. The van der Waals surface area contributed by atoms with Crippen LogP contribution in [0.5, 0.6) is 0 Å². The fourth-order valence-electron chi connectivity index (χ4n) is 3.29. The molecule has 0 bridgehead atoms. The summed E-state index contributed by atoms with van der Waals surface area (Å²) >= 11 is 0. The molecular weight excluding hydrogens is 286 g/mol. The molecule has 0 heterocycles. The molecule has 0 amide bonds. The van der Waals surface area contributed by atoms with Crippen LogP contribution in [0, 0.1) is 5.92 Å². The SMILES string of the molecule is CCCNC(CCS(C)(=O)=O)C(OCC)C1CCCCC1. The van der Waals surface area contributed by atoms with E-state index in [9.17, 15) is 8.42 Å². The van der Waals surface area contributed by atoms with Crippen molar-refractivity contribution in [1.82, 2.24) is 5.32 Å². The molecule has 2 unspecified atom stereocenters. The van der Waals surface area contributed by atoms with Gasteiger partial charge in [-0.3, -0.25) is 0 Å². The minimum absolute atomic E-state index is 0.155. The van der Waals surface area contributed by atoms with Gasteiger partial charge in [-0.2, -0.15) is 0 Å². The first-order chi connectivity index (χ1) is 9.98. The fraction of sp³-hybridized carbons (Fsp3) is 1.00. The summed E-state index contributed by atoms with van der Waals surface area (Å²) in [5, 5.41) is 3.53. The second-order valence-corrected chi connectivity index (χ2v) is 8.56. The predicted molar refractivity (Wildman–Crippen MR) is 88.4 cm³/mol. The van der Waals surface area contributed by atoms with E-state index >= 15 is 0 Å². The minimum Gasteiger partial charge on any atom is -0.377 e. The summed E-state index contributed by atoms with van der Waals surface area (Å²) in [4.78, 5) is 0. The number of hydrogen-bond donors (Lipinski definition) is 1. The fourth-order valence-corrected chi connectivity index (χ4v) is 3.97. The van der Waals surface area contributed by atoms with Crippen LogP contribution in [0.25, 0.3) is 0 Å². The Kier molecular flexibility index (Phi) is 8.83. The smallest absolute Gasteiger partial charge is 0.147 e. The Bertz CT molecular complexity index is 364. The third-order valence-electron chi connectivity index (χ3n) is 4.33. The van der Waals surface area contributed by atoms with Crippen molar-refractivity contribution in [3.05, 3.63) is 0 Å². The van der Waals surface area contributed by atoms with Crippen molar-refractivity contribution in [2.24, 2.45) is 5.92 Å². The summed E-state index contributed by atoms with van der Waals surface area (Å²) in [6.07, 6.45) is 9.50. The average molecular weight is 320 g/mol. The van der Waals surface area contributed by atoms with Crippen LogP contribution in [0.1, 0.15) is 58.8 Å². The van der Waals surface area contributed by atoms with Gasteiger partial charge < -0.3 is 10.1 Å². The molecule has 1 rings (SSSR count). The van der Waals surface area contributed by atoms with E-state index in [0.29, 0.717) is 18.9 Å². The Balaban J connectivity index is 2.72. The van der Waals surface area contributed by atoms with Crippen molar-refractivity contribution in [3.63, 3.8) is 0 Å². The normalized spacial score (nSPS) is 20.3. The molecule has 0 spiro atoms. The summed E-state index contributed by atoms with van der Waals surface area (Å²) in [5.41, 5.74) is 0. The van der Waals surface area contributed by atoms with Gasteiger partial charge >= 0.3 is 0 Å². The van der Waals surface area contributed by atoms with E-state index < -0.39 is 9.84 Å². The van der Waals surface area contributed by atoms with Crippen LogP contribution in [-0.2, 0) is 14.6 Å². The zero-order chi connectivity index (χ0) is 15.7. The van der Waals surface area contributed by atoms with Gasteiger partial charge in [-0.1, -0.05) is 26.2 Å². The Morgan fingerprint density at radius 3 is 2.38 bits per heavy atom. The highest BCUT2D eigenvalue weighted by Crippen LogP contribution is 2.30. The van der Waals surface area contributed by atoms with Gasteiger partial charge in [0, 0.05) is 18.9 Å². The zero-order valence-electron chi connectivity index (χ0n) is 13.9. The lowest BCUT2D eigenvalue weighted by molar-refractivity contribution is -0.0181. The molecule has 0 aromatic heterocycles. The molecule has 1 saturated carbocycles. The monoisotopic (exact) mass is 319 g/mol. The Labute approximate surface area is 130 Å². The van der Waals surface area contributed by atoms with Crippen LogP contribution in [0.15, 0.2) is 0 Å². The number of rotatable bonds is 10. The maximum atomic E-state index is 11.5. The minimum atomic E-state index is -2.92. The van der Waals surface area contributed by atoms with Crippen molar-refractivity contribution < 1.29 is 13.2 Å². The van der Waals surface area contributed by atoms with E-state index in [0.717, 1.165) is 13.0 Å². The summed E-state index contributed by atoms with van der Waals surface area (Å²) in [5.74, 6) is 0.817. The predicted octanol–water partition coefficient (Wildman–Crippen LogP) is 2.77. The van der Waals surface area contributed by atoms with Crippen LogP contribution in [-0.4, -0.2) is 45.7 Å². The van der Waals surface area contributed by atoms with Crippen molar-refractivity contribution in [1.29, 1.82) is 0 Å². The lowest BCUT2D eigenvalue weighted by Gasteiger charge is -2.36. The molecule has 0 aromatic rings. The van der Waals surface area contributed by atoms with Crippen LogP contribution >= 0.6 is 0 Å². The highest BCUT2D eigenvalue weighted by molar-refractivity contribution is 7.90. The summed E-state index contributed by atoms with van der Waals surface area (Å²) < 4.78 is 29.0. The molecule has 4 nitrogen and oxygen atoms in total. The summed E-state index contributed by atoms with van der Waals surface area (Å²) in [6.45, 7) is 5.79. The van der Waals surface area contributed by atoms with E-state index in [2.05, 4.69) is 12.2 Å². The molecule has 0 aromatic carbocycles. The van der Waals surface area contributed by atoms with Gasteiger partial charge in [0.05, 0.1) is 11.9 Å². The molecule has 0 radical (unpaired) electrons. The number of hydrogen-bond acceptors (Lipinski definition) is 4. The first-order valence-corrected chi connectivity index (χ1v) is 10.6. The Morgan fingerprint density at radius 2 is 1.86 bits per heavy atom. The molecule has 1 aliphatic carbocycles. The molecule has 21 heavy (non-hydrogen) atoms. The first kappa shape index (κ1) is 18.9. The van der Waals surface area contributed by atoms with Gasteiger partial charge in [0.15, 0.2) is 0 Å². The molecule has 1 fully saturated rings. The van der Waals surface area contributed by atoms with E-state index in [1.54, 1.807) is 0 Å². The van der Waals surface area contributed by atoms with E-state index in [1.807, 2.05) is 6.92 Å². The molecule has 126 valence electrons. The van der Waals surface area contributed by atoms with Crippen LogP contribution in [0.4, 0.5) is 0 Å². The lowest BCUT2D eigenvalue weighted by atomic mass is 9.82. The summed E-state index contributed by atoms with van der Waals surface area (Å²) in [6, 6.07) is 0.155. The van der Waals surface area contributed by atoms with Crippen LogP contribution in [0.3, 0.4) is 0 Å². The quantitative estimate of drug-likeness (QED) is 0.673. The van der Waals surface area contributed by atoms with Gasteiger partial charge in [0.2, 0.25) is 0 Å². The van der Waals surface area contributed by atoms with E-state index in [1.165, 1.54) is 38.4 Å². The standard InChI is InChI=1S/C16H33NO3S/c1-4-12-17-15(11-13-21(3,18)19)16(20-5-2)14-9-7-6-8-10-14/h14-17H,4-13H2,1-3H3. The van der Waals surface area contributed by atoms with Crippen molar-refractivity contribution in [3.8, 4) is 0 Å². The molecule has 0 aliphatic heterocycles. The molecule has 2 atom stereocenters. The van der Waals surface area contributed by atoms with Crippen molar-refractivity contribution in [2.75, 3.05) is 25.2 Å². The molecule has 0 saturated heterocycles. The molecule has 1 aliphatic rings. The van der Waals surface area contributed by atoms with Gasteiger partial charge in [0.25, 0.3) is 0 Å². The topological polar surface area (TPSA) is 55.4 Å². The largest absolute Gasteiger partial charge is 0.377 e. The van der Waals surface area contributed by atoms with Crippen LogP contribution in [0.2, 0.25) is 0 Å². The summed E-state index contributed by atoms with van der Waals surface area (Å²) in [7, 11) is -2.92. The van der Waals surface area contributed by atoms with E-state index in [-0.39, 0.29) is 17.9 Å². The van der Waals surface area contributed by atoms with E-state index in [4.69, 9.17) is 4.74 Å². The van der Waals surface area contributed by atoms with Gasteiger partial charge in [-0.25, -0.2) is 8.42 Å². The number of ether oxygens (including phenoxy) is 1. The number of sulfone groups is 1.